The van der Waals surface area contributed by atoms with E-state index in [4.69, 9.17) is 22.1 Å². The van der Waals surface area contributed by atoms with Gasteiger partial charge in [-0.15, -0.1) is 0 Å². The summed E-state index contributed by atoms with van der Waals surface area (Å²) in [5, 5.41) is 4.57. The van der Waals surface area contributed by atoms with Crippen molar-refractivity contribution in [1.29, 1.82) is 0 Å². The summed E-state index contributed by atoms with van der Waals surface area (Å²) in [5.74, 6) is -1.22. The van der Waals surface area contributed by atoms with Crippen molar-refractivity contribution in [2.24, 2.45) is 11.1 Å². The Balaban J connectivity index is 1.82. The van der Waals surface area contributed by atoms with Crippen molar-refractivity contribution >= 4 is 23.4 Å². The predicted molar refractivity (Wildman–Crippen MR) is 109 cm³/mol. The fourth-order valence-corrected chi connectivity index (χ4v) is 4.35. The highest BCUT2D eigenvalue weighted by atomic mass is 35.5. The van der Waals surface area contributed by atoms with Crippen LogP contribution in [0, 0.1) is 11.2 Å². The van der Waals surface area contributed by atoms with Crippen molar-refractivity contribution in [1.82, 2.24) is 14.7 Å². The molecule has 0 unspecified atom stereocenters. The third kappa shape index (κ3) is 3.58. The molecule has 1 aromatic heterocycles. The van der Waals surface area contributed by atoms with Crippen molar-refractivity contribution < 1.29 is 18.7 Å². The zero-order chi connectivity index (χ0) is 21.8. The average Bonchev–Trinajstić information content (AvgIpc) is 3.25. The first kappa shape index (κ1) is 20.8. The van der Waals surface area contributed by atoms with Crippen molar-refractivity contribution in [2.75, 3.05) is 13.2 Å². The molecule has 0 saturated carbocycles. The molecular weight excluding hydrogens is 411 g/mol. The van der Waals surface area contributed by atoms with Crippen molar-refractivity contribution in [3.05, 3.63) is 40.3 Å². The number of carbonyl (C=O) groups excluding carboxylic acids is 2. The highest BCUT2D eigenvalue weighted by Crippen LogP contribution is 2.38. The van der Waals surface area contributed by atoms with Crippen LogP contribution in [0.4, 0.5) is 4.39 Å². The van der Waals surface area contributed by atoms with Gasteiger partial charge in [0.25, 0.3) is 5.91 Å². The smallest absolute Gasteiger partial charge is 0.252 e. The molecule has 0 radical (unpaired) electrons. The Hall–Kier alpha value is -2.45. The van der Waals surface area contributed by atoms with Crippen molar-refractivity contribution in [3.63, 3.8) is 0 Å². The minimum absolute atomic E-state index is 0.00255. The lowest BCUT2D eigenvalue weighted by Gasteiger charge is -2.38. The molecule has 3 heterocycles. The summed E-state index contributed by atoms with van der Waals surface area (Å²) in [5.41, 5.74) is 7.14. The number of ether oxygens (including phenoxy) is 1. The molecule has 2 aromatic rings. The van der Waals surface area contributed by atoms with Gasteiger partial charge >= 0.3 is 0 Å². The van der Waals surface area contributed by atoms with Crippen LogP contribution in [-0.2, 0) is 16.1 Å². The van der Waals surface area contributed by atoms with Gasteiger partial charge in [-0.2, -0.15) is 5.10 Å². The van der Waals surface area contributed by atoms with Gasteiger partial charge in [0, 0.05) is 12.0 Å². The third-order valence-electron chi connectivity index (χ3n) is 5.51. The maximum atomic E-state index is 13.6. The maximum Gasteiger partial charge on any atom is 0.252 e. The second kappa shape index (κ2) is 7.35. The zero-order valence-corrected chi connectivity index (χ0v) is 17.9. The Labute approximate surface area is 178 Å². The normalized spacial score (nSPS) is 20.8. The van der Waals surface area contributed by atoms with Gasteiger partial charge < -0.3 is 15.4 Å². The Morgan fingerprint density at radius 1 is 1.30 bits per heavy atom. The van der Waals surface area contributed by atoms with E-state index in [0.29, 0.717) is 36.6 Å². The van der Waals surface area contributed by atoms with Gasteiger partial charge in [-0.25, -0.2) is 4.39 Å². The van der Waals surface area contributed by atoms with Crippen LogP contribution < -0.4 is 5.73 Å². The highest BCUT2D eigenvalue weighted by Gasteiger charge is 2.44. The summed E-state index contributed by atoms with van der Waals surface area (Å²) in [7, 11) is 0. The Morgan fingerprint density at radius 3 is 2.63 bits per heavy atom. The van der Waals surface area contributed by atoms with Crippen LogP contribution in [0.3, 0.4) is 0 Å². The largest absolute Gasteiger partial charge is 0.377 e. The quantitative estimate of drug-likeness (QED) is 0.803. The maximum absolute atomic E-state index is 13.6. The van der Waals surface area contributed by atoms with E-state index >= 15 is 0 Å². The zero-order valence-electron chi connectivity index (χ0n) is 17.1. The molecule has 7 nitrogen and oxygen atoms in total. The van der Waals surface area contributed by atoms with E-state index in [0.717, 1.165) is 0 Å². The van der Waals surface area contributed by atoms with Gasteiger partial charge in [0.15, 0.2) is 0 Å². The van der Waals surface area contributed by atoms with E-state index in [1.807, 2.05) is 20.8 Å². The molecule has 1 saturated heterocycles. The van der Waals surface area contributed by atoms with E-state index in [1.165, 1.54) is 18.2 Å². The van der Waals surface area contributed by atoms with Gasteiger partial charge in [-0.1, -0.05) is 32.4 Å². The minimum Gasteiger partial charge on any atom is -0.377 e. The summed E-state index contributed by atoms with van der Waals surface area (Å²) in [6.45, 7) is 7.01. The second-order valence-electron chi connectivity index (χ2n) is 9.04. The fourth-order valence-electron chi connectivity index (χ4n) is 4.17. The summed E-state index contributed by atoms with van der Waals surface area (Å²) < 4.78 is 21.1. The molecule has 1 aromatic carbocycles. The van der Waals surface area contributed by atoms with Crippen LogP contribution in [0.25, 0.3) is 11.3 Å². The number of fused-ring (bicyclic) bond motifs is 3. The Bertz CT molecular complexity index is 1030. The lowest BCUT2D eigenvalue weighted by Crippen LogP contribution is -2.50. The SMILES string of the molecule is CC(C)(C)CC(=O)N1Cc2c(C(N)=O)c(-c3ccc(F)c(Cl)c3)nn2[C@H]2COC[C@H]21. The van der Waals surface area contributed by atoms with E-state index in [-0.39, 0.29) is 40.5 Å². The topological polar surface area (TPSA) is 90.5 Å². The van der Waals surface area contributed by atoms with Crippen LogP contribution in [0.1, 0.15) is 49.3 Å². The number of amides is 2. The molecule has 2 aliphatic heterocycles. The van der Waals surface area contributed by atoms with Gasteiger partial charge in [-0.3, -0.25) is 14.3 Å². The van der Waals surface area contributed by atoms with Gasteiger partial charge in [0.2, 0.25) is 5.91 Å². The first-order valence-corrected chi connectivity index (χ1v) is 10.2. The lowest BCUT2D eigenvalue weighted by molar-refractivity contribution is -0.138. The third-order valence-corrected chi connectivity index (χ3v) is 5.80. The number of aromatic nitrogens is 2. The Kier molecular flexibility index (Phi) is 5.10. The number of halogens is 2. The molecular formula is C21H24ClFN4O3. The number of primary amides is 1. The summed E-state index contributed by atoms with van der Waals surface area (Å²) >= 11 is 5.94. The monoisotopic (exact) mass is 434 g/mol. The molecule has 2 N–H and O–H groups in total. The van der Waals surface area contributed by atoms with E-state index in [9.17, 15) is 14.0 Å². The Morgan fingerprint density at radius 2 is 2.00 bits per heavy atom. The van der Waals surface area contributed by atoms with Crippen LogP contribution in [0.15, 0.2) is 18.2 Å². The molecule has 9 heteroatoms. The number of hydrogen-bond donors (Lipinski definition) is 1. The summed E-state index contributed by atoms with van der Waals surface area (Å²) in [6.07, 6.45) is 0.372. The van der Waals surface area contributed by atoms with Crippen molar-refractivity contribution in [3.8, 4) is 11.3 Å². The molecule has 4 rings (SSSR count). The second-order valence-corrected chi connectivity index (χ2v) is 9.45. The van der Waals surface area contributed by atoms with E-state index in [1.54, 1.807) is 9.58 Å². The van der Waals surface area contributed by atoms with Crippen LogP contribution in [0.2, 0.25) is 5.02 Å². The fraction of sp³-hybridized carbons (Fsp3) is 0.476. The average molecular weight is 435 g/mol. The number of rotatable bonds is 3. The summed E-state index contributed by atoms with van der Waals surface area (Å²) in [6, 6.07) is 3.76. The summed E-state index contributed by atoms with van der Waals surface area (Å²) in [4.78, 5) is 27.2. The number of benzene rings is 1. The first-order valence-electron chi connectivity index (χ1n) is 9.80. The molecule has 2 amide bonds. The highest BCUT2D eigenvalue weighted by molar-refractivity contribution is 6.31. The number of nitrogens with zero attached hydrogens (tertiary/aromatic N) is 3. The van der Waals surface area contributed by atoms with Crippen molar-refractivity contribution in [2.45, 2.75) is 45.8 Å². The molecule has 1 fully saturated rings. The standard InChI is InChI=1S/C21H24ClFN4O3/c1-21(2,3)7-17(28)26-8-14-18(20(24)29)19(11-4-5-13(23)12(22)6-11)25-27(14)16-10-30-9-15(16)26/h4-6,15-16H,7-10H2,1-3H3,(H2,24,29)/t15-,16+/m1/s1. The van der Waals surface area contributed by atoms with Crippen LogP contribution in [0.5, 0.6) is 0 Å². The number of hydrogen-bond acceptors (Lipinski definition) is 4. The molecule has 30 heavy (non-hydrogen) atoms. The minimum atomic E-state index is -0.660. The first-order chi connectivity index (χ1) is 14.1. The van der Waals surface area contributed by atoms with E-state index < -0.39 is 11.7 Å². The molecule has 160 valence electrons. The van der Waals surface area contributed by atoms with Gasteiger partial charge in [-0.05, 0) is 23.6 Å². The lowest BCUT2D eigenvalue weighted by atomic mass is 9.90. The number of carbonyl (C=O) groups is 2. The predicted octanol–water partition coefficient (Wildman–Crippen LogP) is 3.16. The van der Waals surface area contributed by atoms with E-state index in [2.05, 4.69) is 5.10 Å². The van der Waals surface area contributed by atoms with Crippen LogP contribution >= 0.6 is 11.6 Å². The molecule has 0 spiro atoms. The molecule has 0 aliphatic carbocycles. The molecule has 2 aliphatic rings. The molecule has 2 atom stereocenters. The van der Waals surface area contributed by atoms with Gasteiger partial charge in [0.1, 0.15) is 11.5 Å². The molecule has 0 bridgehead atoms. The van der Waals surface area contributed by atoms with Crippen LogP contribution in [-0.4, -0.2) is 45.8 Å². The van der Waals surface area contributed by atoms with Gasteiger partial charge in [0.05, 0.1) is 48.1 Å². The number of nitrogens with two attached hydrogens (primary N) is 1.